The number of piperazine rings is 4. The highest BCUT2D eigenvalue weighted by atomic mass is 19.1. The summed E-state index contributed by atoms with van der Waals surface area (Å²) >= 11 is 0. The lowest BCUT2D eigenvalue weighted by Gasteiger charge is -2.50. The predicted octanol–water partition coefficient (Wildman–Crippen LogP) is 14.8. The molecular weight excluding hydrogens is 1270 g/mol. The number of ether oxygens (including phenoxy) is 8. The van der Waals surface area contributed by atoms with Gasteiger partial charge in [-0.2, -0.15) is 0 Å². The van der Waals surface area contributed by atoms with Gasteiger partial charge < -0.3 is 52.6 Å². The monoisotopic (exact) mass is 1400 g/mol. The predicted molar refractivity (Wildman–Crippen MR) is 411 cm³/mol. The molecule has 4 saturated heterocycles. The van der Waals surface area contributed by atoms with Crippen LogP contribution in [0.2, 0.25) is 0 Å². The summed E-state index contributed by atoms with van der Waals surface area (Å²) < 4.78 is 57.8. The molecule has 4 fully saturated rings. The molecule has 8 aliphatic heterocycles. The summed E-state index contributed by atoms with van der Waals surface area (Å²) in [5, 5.41) is 0. The van der Waals surface area contributed by atoms with Crippen LogP contribution in [-0.4, -0.2) is 231 Å². The van der Waals surface area contributed by atoms with Crippen molar-refractivity contribution in [1.82, 2.24) is 39.2 Å². The molecule has 0 N–H and O–H groups in total. The Balaban J connectivity index is 0.000000157. The highest BCUT2D eigenvalue weighted by Gasteiger charge is 2.42. The Morgan fingerprint density at radius 2 is 0.683 bits per heavy atom. The molecule has 12 rings (SSSR count). The van der Waals surface area contributed by atoms with E-state index in [0.29, 0.717) is 73.9 Å². The topological polar surface area (TPSA) is 99.8 Å². The summed E-state index contributed by atoms with van der Waals surface area (Å²) in [6, 6.07) is 22.0. The minimum Gasteiger partial charge on any atom is -0.493 e. The second-order valence-corrected chi connectivity index (χ2v) is 32.8. The SMILES string of the molecule is CCOc1cc2c(cc1OC)[C@H]1CN(C)[C@H](CC(C)C)CN1CC2.COc1cc2c(cc1OC(C)C)CCN1C[C@@H](CC(C)C)N(C)C[C@H]21.COc1cc2c(cc1OC)[C@@H]1CN(CC(C)C)[C@H](CC(C)C)CN1CC2.COc1cc2c(cc1OCCCF)CCN1C[C@@H](CC(C)C)N(C)C[C@H]21. The Morgan fingerprint density at radius 3 is 1.02 bits per heavy atom. The normalized spacial score (nSPS) is 24.1. The number of hydrogen-bond donors (Lipinski definition) is 0. The fourth-order valence-corrected chi connectivity index (χ4v) is 17.6. The largest absolute Gasteiger partial charge is 0.493 e. The van der Waals surface area contributed by atoms with E-state index in [1.165, 1.54) is 96.4 Å². The van der Waals surface area contributed by atoms with E-state index in [2.05, 4.69) is 192 Å². The Bertz CT molecular complexity index is 3240. The summed E-state index contributed by atoms with van der Waals surface area (Å²) in [5.74, 6) is 10.4. The fraction of sp³-hybridized carbons (Fsp3) is 0.714. The first-order valence-corrected chi connectivity index (χ1v) is 39.0. The molecule has 0 spiro atoms. The van der Waals surface area contributed by atoms with Gasteiger partial charge in [-0.25, -0.2) is 0 Å². The van der Waals surface area contributed by atoms with Crippen LogP contribution in [0.15, 0.2) is 48.5 Å². The molecule has 0 aliphatic carbocycles. The molecule has 8 aliphatic rings. The van der Waals surface area contributed by atoms with Crippen molar-refractivity contribution in [2.75, 3.05) is 162 Å². The van der Waals surface area contributed by atoms with Crippen molar-refractivity contribution >= 4 is 0 Å². The van der Waals surface area contributed by atoms with Crippen LogP contribution in [0.1, 0.15) is 191 Å². The number of halogens is 1. The van der Waals surface area contributed by atoms with E-state index >= 15 is 0 Å². The number of fused-ring (bicyclic) bond motifs is 12. The second-order valence-electron chi connectivity index (χ2n) is 32.8. The minimum absolute atomic E-state index is 0.157. The molecule has 17 heteroatoms. The number of methoxy groups -OCH3 is 5. The quantitative estimate of drug-likeness (QED) is 0.0658. The first kappa shape index (κ1) is 80.0. The van der Waals surface area contributed by atoms with Gasteiger partial charge in [0.05, 0.1) is 61.5 Å². The average Bonchev–Trinajstić information content (AvgIpc) is 0.786. The molecule has 0 radical (unpaired) electrons. The van der Waals surface area contributed by atoms with E-state index < -0.39 is 0 Å². The molecule has 101 heavy (non-hydrogen) atoms. The maximum absolute atomic E-state index is 12.4. The standard InChI is InChI=1S/C22H36N2O2.C21H33FN2O2.C21H34N2O2.C20H32N2O2/c1-15(2)9-18-13-23-8-7-17-10-21(25-5)22(26-6)11-19(17)20(23)14-24(18)12-16(3)4;1-15(2)10-17-13-24-8-6-16-11-21(26-9-5-7-22)20(25-4)12-18(16)19(24)14-23(17)3;1-14(2)9-17-12-23-8-7-16-10-21(25-15(3)4)20(24-6)11-18(16)19(23)13-22(17)5;1-6-24-20-10-15-7-8-22-12-16(9-14(2)3)21(4)13-18(22)17(15)11-19(20)23-5/h10-11,15-16,18,20H,7-9,12-14H2,1-6H3;11-12,15,17,19H,5-10,13-14H2,1-4H3;10-11,14-15,17,19H,7-9,12-13H2,1-6H3;10-11,14,16,18H,6-9,12-13H2,1-5H3/t18-,20+;2*17-,19-;16-,18-/m1111/s1. The lowest BCUT2D eigenvalue weighted by molar-refractivity contribution is 0.00769. The van der Waals surface area contributed by atoms with Crippen molar-refractivity contribution in [3.63, 3.8) is 0 Å². The highest BCUT2D eigenvalue weighted by molar-refractivity contribution is 5.53. The molecule has 4 aromatic rings. The molecule has 8 heterocycles. The van der Waals surface area contributed by atoms with Gasteiger partial charge in [0, 0.05) is 140 Å². The Labute approximate surface area is 611 Å². The lowest BCUT2D eigenvalue weighted by Crippen LogP contribution is -2.57. The van der Waals surface area contributed by atoms with Crippen LogP contribution in [0.25, 0.3) is 0 Å². The number of alkyl halides is 1. The zero-order valence-corrected chi connectivity index (χ0v) is 66.6. The van der Waals surface area contributed by atoms with E-state index in [4.69, 9.17) is 37.9 Å². The molecule has 0 saturated carbocycles. The fourth-order valence-electron chi connectivity index (χ4n) is 17.6. The first-order valence-electron chi connectivity index (χ1n) is 39.0. The molecule has 0 aromatic heterocycles. The molecule has 0 bridgehead atoms. The zero-order chi connectivity index (χ0) is 72.9. The molecule has 0 amide bonds. The Hall–Kier alpha value is -5.11. The van der Waals surface area contributed by atoms with E-state index in [-0.39, 0.29) is 12.8 Å². The van der Waals surface area contributed by atoms with Gasteiger partial charge in [0.15, 0.2) is 46.0 Å². The van der Waals surface area contributed by atoms with Gasteiger partial charge in [-0.05, 0) is 216 Å². The van der Waals surface area contributed by atoms with E-state index in [1.54, 1.807) is 35.5 Å². The number of nitrogens with zero attached hydrogens (tertiary/aromatic N) is 8. The highest BCUT2D eigenvalue weighted by Crippen LogP contribution is 2.46. The summed E-state index contributed by atoms with van der Waals surface area (Å²) in [4.78, 5) is 21.1. The second kappa shape index (κ2) is 37.2. The Kier molecular flexibility index (Phi) is 29.5. The zero-order valence-electron chi connectivity index (χ0n) is 66.6. The van der Waals surface area contributed by atoms with Gasteiger partial charge in [-0.1, -0.05) is 69.2 Å². The van der Waals surface area contributed by atoms with Crippen molar-refractivity contribution < 1.29 is 42.3 Å². The molecule has 566 valence electrons. The van der Waals surface area contributed by atoms with Gasteiger partial charge >= 0.3 is 0 Å². The van der Waals surface area contributed by atoms with Crippen molar-refractivity contribution in [1.29, 1.82) is 0 Å². The smallest absolute Gasteiger partial charge is 0.161 e. The third kappa shape index (κ3) is 20.3. The van der Waals surface area contributed by atoms with Crippen molar-refractivity contribution in [2.24, 2.45) is 29.6 Å². The molecule has 8 atom stereocenters. The van der Waals surface area contributed by atoms with Crippen molar-refractivity contribution in [3.05, 3.63) is 93.0 Å². The van der Waals surface area contributed by atoms with Crippen LogP contribution in [-0.2, 0) is 25.7 Å². The van der Waals surface area contributed by atoms with E-state index in [1.807, 2.05) is 6.92 Å². The molecule has 0 unspecified atom stereocenters. The van der Waals surface area contributed by atoms with E-state index in [0.717, 1.165) is 154 Å². The lowest BCUT2D eigenvalue weighted by atomic mass is 9.87. The average molecular weight is 1400 g/mol. The number of benzene rings is 4. The van der Waals surface area contributed by atoms with Crippen LogP contribution in [0, 0.1) is 29.6 Å². The van der Waals surface area contributed by atoms with Crippen molar-refractivity contribution in [2.45, 2.75) is 202 Å². The van der Waals surface area contributed by atoms with Gasteiger partial charge in [0.25, 0.3) is 0 Å². The van der Waals surface area contributed by atoms with E-state index in [9.17, 15) is 4.39 Å². The maximum Gasteiger partial charge on any atom is 0.161 e. The number of likely N-dealkylation sites (N-methyl/N-ethyl adjacent to an activating group) is 3. The van der Waals surface area contributed by atoms with Crippen LogP contribution >= 0.6 is 0 Å². The van der Waals surface area contributed by atoms with Gasteiger partial charge in [-0.3, -0.25) is 28.9 Å². The van der Waals surface area contributed by atoms with Crippen LogP contribution in [0.5, 0.6) is 46.0 Å². The van der Waals surface area contributed by atoms with Gasteiger partial charge in [0.1, 0.15) is 0 Å². The summed E-state index contributed by atoms with van der Waals surface area (Å²) in [7, 11) is 15.4. The molecule has 16 nitrogen and oxygen atoms in total. The summed E-state index contributed by atoms with van der Waals surface area (Å²) in [6.07, 6.45) is 10.00. The molecular formula is C84H135FN8O8. The van der Waals surface area contributed by atoms with Crippen LogP contribution in [0.4, 0.5) is 4.39 Å². The summed E-state index contributed by atoms with van der Waals surface area (Å²) in [5.41, 5.74) is 11.3. The third-order valence-corrected chi connectivity index (χ3v) is 22.5. The van der Waals surface area contributed by atoms with Crippen LogP contribution < -0.4 is 37.9 Å². The number of rotatable bonds is 23. The first-order chi connectivity index (χ1) is 48.4. The van der Waals surface area contributed by atoms with Gasteiger partial charge in [0.2, 0.25) is 0 Å². The Morgan fingerprint density at radius 1 is 0.376 bits per heavy atom. The third-order valence-electron chi connectivity index (χ3n) is 22.5. The molecule has 4 aromatic carbocycles. The minimum atomic E-state index is -0.353. The number of hydrogen-bond acceptors (Lipinski definition) is 16. The summed E-state index contributed by atoms with van der Waals surface area (Å²) in [6.45, 7) is 44.9. The van der Waals surface area contributed by atoms with Crippen LogP contribution in [0.3, 0.4) is 0 Å². The van der Waals surface area contributed by atoms with Gasteiger partial charge in [-0.15, -0.1) is 0 Å². The maximum atomic E-state index is 12.4. The van der Waals surface area contributed by atoms with Crippen molar-refractivity contribution in [3.8, 4) is 46.0 Å².